The van der Waals surface area contributed by atoms with Gasteiger partial charge in [-0.05, 0) is 24.6 Å². The molecule has 0 saturated heterocycles. The van der Waals surface area contributed by atoms with Crippen LogP contribution in [0.5, 0.6) is 0 Å². The molecule has 1 amide bonds. The second-order valence-corrected chi connectivity index (χ2v) is 3.83. The van der Waals surface area contributed by atoms with Crippen LogP contribution in [0.3, 0.4) is 0 Å². The fraction of sp³-hybridized carbons (Fsp3) is 0.0769. The molecule has 2 aromatic rings. The first-order chi connectivity index (χ1) is 8.56. The van der Waals surface area contributed by atoms with Crippen LogP contribution < -0.4 is 5.32 Å². The van der Waals surface area contributed by atoms with Crippen LogP contribution in [0.4, 0.5) is 5.69 Å². The summed E-state index contributed by atoms with van der Waals surface area (Å²) >= 11 is 0. The lowest BCUT2D eigenvalue weighted by Gasteiger charge is -2.03. The van der Waals surface area contributed by atoms with Gasteiger partial charge in [0.1, 0.15) is 6.26 Å². The van der Waals surface area contributed by atoms with E-state index in [4.69, 9.17) is 9.52 Å². The van der Waals surface area contributed by atoms with Gasteiger partial charge >= 0.3 is 5.97 Å². The lowest BCUT2D eigenvalue weighted by molar-refractivity contribution is 0.0696. The van der Waals surface area contributed by atoms with Gasteiger partial charge in [-0.15, -0.1) is 0 Å². The predicted molar refractivity (Wildman–Crippen MR) is 64.8 cm³/mol. The third-order valence-electron chi connectivity index (χ3n) is 2.35. The lowest BCUT2D eigenvalue weighted by Crippen LogP contribution is -2.10. The van der Waals surface area contributed by atoms with Crippen LogP contribution in [0.25, 0.3) is 0 Å². The second kappa shape index (κ2) is 4.75. The van der Waals surface area contributed by atoms with E-state index in [1.807, 2.05) is 19.1 Å². The summed E-state index contributed by atoms with van der Waals surface area (Å²) in [6.07, 6.45) is 1.04. The molecule has 0 bridgehead atoms. The normalized spacial score (nSPS) is 10.1. The zero-order valence-corrected chi connectivity index (χ0v) is 9.64. The predicted octanol–water partition coefficient (Wildman–Crippen LogP) is 2.54. The first-order valence-electron chi connectivity index (χ1n) is 5.26. The molecule has 0 saturated carbocycles. The van der Waals surface area contributed by atoms with E-state index in [2.05, 4.69) is 5.32 Å². The quantitative estimate of drug-likeness (QED) is 0.870. The summed E-state index contributed by atoms with van der Waals surface area (Å²) in [5, 5.41) is 11.3. The van der Waals surface area contributed by atoms with Gasteiger partial charge in [0, 0.05) is 11.8 Å². The Kier molecular flexibility index (Phi) is 3.14. The minimum absolute atomic E-state index is 0.0334. The number of carboxylic acid groups (broad SMARTS) is 1. The van der Waals surface area contributed by atoms with Crippen molar-refractivity contribution in [3.63, 3.8) is 0 Å². The number of hydrogen-bond donors (Lipinski definition) is 2. The van der Waals surface area contributed by atoms with Gasteiger partial charge in [0.25, 0.3) is 5.91 Å². The molecular weight excluding hydrogens is 234 g/mol. The molecule has 0 aliphatic carbocycles. The van der Waals surface area contributed by atoms with Gasteiger partial charge in [-0.2, -0.15) is 0 Å². The number of carboxylic acids is 1. The summed E-state index contributed by atoms with van der Waals surface area (Å²) in [4.78, 5) is 22.4. The molecule has 0 aliphatic rings. The Morgan fingerprint density at radius 3 is 2.67 bits per heavy atom. The van der Waals surface area contributed by atoms with Gasteiger partial charge in [0.2, 0.25) is 0 Å². The van der Waals surface area contributed by atoms with Crippen molar-refractivity contribution < 1.29 is 19.1 Å². The third-order valence-corrected chi connectivity index (χ3v) is 2.35. The highest BCUT2D eigenvalue weighted by Crippen LogP contribution is 2.13. The highest BCUT2D eigenvalue weighted by atomic mass is 16.4. The molecule has 1 aromatic heterocycles. The van der Waals surface area contributed by atoms with Crippen LogP contribution in [0.2, 0.25) is 0 Å². The zero-order chi connectivity index (χ0) is 13.1. The number of aromatic carboxylic acids is 1. The molecule has 2 N–H and O–H groups in total. The van der Waals surface area contributed by atoms with Gasteiger partial charge in [0.05, 0.1) is 5.56 Å². The van der Waals surface area contributed by atoms with Gasteiger partial charge in [-0.25, -0.2) is 4.79 Å². The first-order valence-corrected chi connectivity index (χ1v) is 5.26. The van der Waals surface area contributed by atoms with E-state index in [9.17, 15) is 9.59 Å². The van der Waals surface area contributed by atoms with Crippen molar-refractivity contribution in [3.8, 4) is 0 Å². The lowest BCUT2D eigenvalue weighted by atomic mass is 10.2. The van der Waals surface area contributed by atoms with E-state index in [0.717, 1.165) is 11.8 Å². The summed E-state index contributed by atoms with van der Waals surface area (Å²) in [6, 6.07) is 8.46. The third kappa shape index (κ3) is 2.57. The molecular formula is C13H11NO4. The Hall–Kier alpha value is -2.56. The van der Waals surface area contributed by atoms with Crippen molar-refractivity contribution in [1.82, 2.24) is 0 Å². The number of carbonyl (C=O) groups is 2. The zero-order valence-electron chi connectivity index (χ0n) is 9.64. The van der Waals surface area contributed by atoms with Crippen LogP contribution in [-0.4, -0.2) is 17.0 Å². The standard InChI is InChI=1S/C13H11NO4/c1-8-3-2-4-10(5-8)14-12(15)11-6-9(7-18-11)13(16)17/h2-7H,1H3,(H,14,15)(H,16,17). The van der Waals surface area contributed by atoms with Gasteiger partial charge in [-0.3, -0.25) is 4.79 Å². The largest absolute Gasteiger partial charge is 0.478 e. The fourth-order valence-corrected chi connectivity index (χ4v) is 1.48. The van der Waals surface area contributed by atoms with E-state index >= 15 is 0 Å². The Morgan fingerprint density at radius 1 is 1.28 bits per heavy atom. The smallest absolute Gasteiger partial charge is 0.338 e. The van der Waals surface area contributed by atoms with Crippen molar-refractivity contribution in [2.75, 3.05) is 5.32 Å². The Balaban J connectivity index is 2.14. The van der Waals surface area contributed by atoms with Gasteiger partial charge < -0.3 is 14.8 Å². The Morgan fingerprint density at radius 2 is 2.06 bits per heavy atom. The average Bonchev–Trinajstić information content (AvgIpc) is 2.78. The maximum Gasteiger partial charge on any atom is 0.338 e. The molecule has 0 unspecified atom stereocenters. The second-order valence-electron chi connectivity index (χ2n) is 3.83. The number of aryl methyl sites for hydroxylation is 1. The molecule has 5 heteroatoms. The molecule has 0 spiro atoms. The minimum Gasteiger partial charge on any atom is -0.478 e. The van der Waals surface area contributed by atoms with Gasteiger partial charge in [-0.1, -0.05) is 12.1 Å². The number of rotatable bonds is 3. The van der Waals surface area contributed by atoms with Crippen LogP contribution in [0.1, 0.15) is 26.5 Å². The molecule has 92 valence electrons. The highest BCUT2D eigenvalue weighted by molar-refractivity contribution is 6.03. The van der Waals surface area contributed by atoms with Crippen molar-refractivity contribution in [3.05, 3.63) is 53.5 Å². The molecule has 1 aromatic carbocycles. The van der Waals surface area contributed by atoms with E-state index in [-0.39, 0.29) is 11.3 Å². The van der Waals surface area contributed by atoms with E-state index < -0.39 is 11.9 Å². The number of hydrogen-bond acceptors (Lipinski definition) is 3. The molecule has 5 nitrogen and oxygen atoms in total. The van der Waals surface area contributed by atoms with Crippen LogP contribution >= 0.6 is 0 Å². The van der Waals surface area contributed by atoms with E-state index in [1.54, 1.807) is 12.1 Å². The number of nitrogens with one attached hydrogen (secondary N) is 1. The SMILES string of the molecule is Cc1cccc(NC(=O)c2cc(C(=O)O)co2)c1. The Bertz CT molecular complexity index is 601. The van der Waals surface area contributed by atoms with Gasteiger partial charge in [0.15, 0.2) is 5.76 Å². The fourth-order valence-electron chi connectivity index (χ4n) is 1.48. The number of carbonyl (C=O) groups excluding carboxylic acids is 1. The van der Waals surface area contributed by atoms with Crippen LogP contribution in [-0.2, 0) is 0 Å². The number of amides is 1. The molecule has 1 heterocycles. The summed E-state index contributed by atoms with van der Waals surface area (Å²) in [5.41, 5.74) is 1.59. The maximum absolute atomic E-state index is 11.8. The summed E-state index contributed by atoms with van der Waals surface area (Å²) in [5.74, 6) is -1.64. The van der Waals surface area contributed by atoms with Crippen molar-refractivity contribution in [1.29, 1.82) is 0 Å². The first kappa shape index (κ1) is 11.9. The highest BCUT2D eigenvalue weighted by Gasteiger charge is 2.14. The number of anilines is 1. The van der Waals surface area contributed by atoms with Crippen molar-refractivity contribution in [2.24, 2.45) is 0 Å². The maximum atomic E-state index is 11.8. The molecule has 2 rings (SSSR count). The number of furan rings is 1. The van der Waals surface area contributed by atoms with Crippen LogP contribution in [0, 0.1) is 6.92 Å². The topological polar surface area (TPSA) is 79.5 Å². The minimum atomic E-state index is -1.13. The van der Waals surface area contributed by atoms with Crippen molar-refractivity contribution >= 4 is 17.6 Å². The summed E-state index contributed by atoms with van der Waals surface area (Å²) < 4.78 is 4.90. The van der Waals surface area contributed by atoms with E-state index in [1.165, 1.54) is 6.07 Å². The molecule has 0 fully saturated rings. The molecule has 0 atom stereocenters. The summed E-state index contributed by atoms with van der Waals surface area (Å²) in [6.45, 7) is 1.91. The van der Waals surface area contributed by atoms with Crippen molar-refractivity contribution in [2.45, 2.75) is 6.92 Å². The van der Waals surface area contributed by atoms with Crippen LogP contribution in [0.15, 0.2) is 41.0 Å². The number of benzene rings is 1. The molecule has 0 aliphatic heterocycles. The Labute approximate surface area is 103 Å². The summed E-state index contributed by atoms with van der Waals surface area (Å²) in [7, 11) is 0. The molecule has 0 radical (unpaired) electrons. The van der Waals surface area contributed by atoms with E-state index in [0.29, 0.717) is 5.69 Å². The average molecular weight is 245 g/mol. The molecule has 18 heavy (non-hydrogen) atoms. The monoisotopic (exact) mass is 245 g/mol.